The summed E-state index contributed by atoms with van der Waals surface area (Å²) in [6, 6.07) is 14.9. The second-order valence-corrected chi connectivity index (χ2v) is 12.8. The van der Waals surface area contributed by atoms with Crippen LogP contribution in [0.15, 0.2) is 54.6 Å². The van der Waals surface area contributed by atoms with Gasteiger partial charge in [0.15, 0.2) is 0 Å². The highest BCUT2D eigenvalue weighted by molar-refractivity contribution is 7.88. The first kappa shape index (κ1) is 29.0. The Labute approximate surface area is 231 Å². The summed E-state index contributed by atoms with van der Waals surface area (Å²) in [7, 11) is -0.298. The number of nitrogens with zero attached hydrogens (tertiary/aromatic N) is 2. The zero-order chi connectivity index (χ0) is 28.0. The molecule has 1 saturated heterocycles. The molecule has 1 atom stereocenters. The maximum atomic E-state index is 13.6. The summed E-state index contributed by atoms with van der Waals surface area (Å²) in [5.74, 6) is -1.22. The summed E-state index contributed by atoms with van der Waals surface area (Å²) in [6.45, 7) is 1.99. The van der Waals surface area contributed by atoms with Crippen LogP contribution < -0.4 is 10.1 Å². The number of amides is 1. The first-order valence-electron chi connectivity index (χ1n) is 13.6. The maximum Gasteiger partial charge on any atom is 0.326 e. The topological polar surface area (TPSA) is 116 Å². The third kappa shape index (κ3) is 7.17. The van der Waals surface area contributed by atoms with Gasteiger partial charge in [0.05, 0.1) is 5.75 Å². The van der Waals surface area contributed by atoms with E-state index in [0.717, 1.165) is 37.2 Å². The minimum Gasteiger partial charge on any atom is -0.490 e. The molecule has 2 N–H and O–H groups in total. The smallest absolute Gasteiger partial charge is 0.326 e. The molecule has 1 saturated carbocycles. The van der Waals surface area contributed by atoms with Crippen LogP contribution in [0.2, 0.25) is 0 Å². The Morgan fingerprint density at radius 1 is 1.05 bits per heavy atom. The van der Waals surface area contributed by atoms with Crippen molar-refractivity contribution in [2.45, 2.75) is 68.4 Å². The molecule has 0 radical (unpaired) electrons. The van der Waals surface area contributed by atoms with Crippen LogP contribution in [-0.2, 0) is 31.8 Å². The highest BCUT2D eigenvalue weighted by Crippen LogP contribution is 2.37. The van der Waals surface area contributed by atoms with Crippen LogP contribution in [0.3, 0.4) is 0 Å². The van der Waals surface area contributed by atoms with Crippen molar-refractivity contribution >= 4 is 21.9 Å². The molecule has 39 heavy (non-hydrogen) atoms. The molecular weight excluding hydrogens is 518 g/mol. The summed E-state index contributed by atoms with van der Waals surface area (Å²) in [4.78, 5) is 28.0. The lowest BCUT2D eigenvalue weighted by atomic mass is 9.95. The second-order valence-electron chi connectivity index (χ2n) is 10.8. The summed E-state index contributed by atoms with van der Waals surface area (Å²) in [6.07, 6.45) is 4.23. The average Bonchev–Trinajstić information content (AvgIpc) is 3.42. The fraction of sp³-hybridized carbons (Fsp3) is 0.517. The van der Waals surface area contributed by atoms with Crippen molar-refractivity contribution in [2.24, 2.45) is 0 Å². The molecule has 1 amide bonds. The van der Waals surface area contributed by atoms with E-state index in [4.69, 9.17) is 4.74 Å². The molecule has 2 aliphatic rings. The van der Waals surface area contributed by atoms with Crippen LogP contribution in [-0.4, -0.2) is 79.5 Å². The Morgan fingerprint density at radius 2 is 1.67 bits per heavy atom. The number of carboxylic acid groups (broad SMARTS) is 1. The zero-order valence-corrected chi connectivity index (χ0v) is 23.5. The normalized spacial score (nSPS) is 19.1. The maximum absolute atomic E-state index is 13.6. The summed E-state index contributed by atoms with van der Waals surface area (Å²) in [5, 5.41) is 12.6. The quantitative estimate of drug-likeness (QED) is 0.436. The van der Waals surface area contributed by atoms with Crippen molar-refractivity contribution in [2.75, 3.05) is 27.2 Å². The number of piperidine rings is 1. The van der Waals surface area contributed by atoms with E-state index in [-0.39, 0.29) is 18.3 Å². The number of benzene rings is 2. The lowest BCUT2D eigenvalue weighted by molar-refractivity contribution is -0.143. The van der Waals surface area contributed by atoms with Crippen LogP contribution in [0.4, 0.5) is 0 Å². The number of sulfonamides is 1. The Morgan fingerprint density at radius 3 is 2.26 bits per heavy atom. The molecule has 0 unspecified atom stereocenters. The molecule has 212 valence electrons. The minimum absolute atomic E-state index is 0.0755. The number of carboxylic acids is 1. The van der Waals surface area contributed by atoms with Crippen LogP contribution in [0, 0.1) is 0 Å². The van der Waals surface area contributed by atoms with Crippen LogP contribution in [0.1, 0.15) is 49.7 Å². The molecule has 10 heteroatoms. The summed E-state index contributed by atoms with van der Waals surface area (Å²) in [5.41, 5.74) is 0.0566. The number of nitrogens with one attached hydrogen (secondary N) is 1. The van der Waals surface area contributed by atoms with Crippen molar-refractivity contribution in [3.63, 3.8) is 0 Å². The second kappa shape index (κ2) is 12.5. The van der Waals surface area contributed by atoms with Crippen molar-refractivity contribution in [1.29, 1.82) is 0 Å². The predicted molar refractivity (Wildman–Crippen MR) is 149 cm³/mol. The van der Waals surface area contributed by atoms with E-state index in [1.807, 2.05) is 30.3 Å². The van der Waals surface area contributed by atoms with Gasteiger partial charge in [0.1, 0.15) is 23.4 Å². The number of ether oxygens (including phenoxy) is 1. The Hall–Kier alpha value is -2.95. The standard InChI is InChI=1S/C29H39N3O6S/c1-31-18-14-25(15-19-31)38-24-12-10-22(11-13-24)20-26(27(33)34)30-28(35)29(16-6-7-17-29)32(2)39(36,37)21-23-8-4-3-5-9-23/h3-5,8-13,25-26H,6-7,14-21H2,1-2H3,(H,30,35)(H,33,34)/t26-/m0/s1. The molecule has 1 aliphatic heterocycles. The number of carbonyl (C=O) groups is 2. The van der Waals surface area contributed by atoms with E-state index in [1.165, 1.54) is 11.4 Å². The van der Waals surface area contributed by atoms with Crippen molar-refractivity contribution in [3.05, 3.63) is 65.7 Å². The number of hydrogen-bond acceptors (Lipinski definition) is 6. The SMILES string of the molecule is CN1CCC(Oc2ccc(C[C@H](NC(=O)C3(N(C)S(=O)(=O)Cc4ccccc4)CCCC3)C(=O)O)cc2)CC1. The fourth-order valence-electron chi connectivity index (χ4n) is 5.52. The molecule has 4 rings (SSSR count). The van der Waals surface area contributed by atoms with Gasteiger partial charge in [-0.3, -0.25) is 4.79 Å². The summed E-state index contributed by atoms with van der Waals surface area (Å²) < 4.78 is 33.9. The van der Waals surface area contributed by atoms with Crippen LogP contribution in [0.5, 0.6) is 5.75 Å². The molecule has 1 heterocycles. The van der Waals surface area contributed by atoms with Gasteiger partial charge in [-0.25, -0.2) is 13.2 Å². The van der Waals surface area contributed by atoms with Crippen LogP contribution in [0.25, 0.3) is 0 Å². The number of likely N-dealkylation sites (N-methyl/N-ethyl adjacent to an activating group) is 1. The lowest BCUT2D eigenvalue weighted by Crippen LogP contribution is -2.60. The van der Waals surface area contributed by atoms with Gasteiger partial charge < -0.3 is 20.1 Å². The largest absolute Gasteiger partial charge is 0.490 e. The molecule has 2 fully saturated rings. The van der Waals surface area contributed by atoms with Crippen LogP contribution >= 0.6 is 0 Å². The molecular formula is C29H39N3O6S. The average molecular weight is 558 g/mol. The first-order valence-corrected chi connectivity index (χ1v) is 15.2. The zero-order valence-electron chi connectivity index (χ0n) is 22.7. The molecule has 1 aliphatic carbocycles. The first-order chi connectivity index (χ1) is 18.6. The van der Waals surface area contributed by atoms with E-state index in [0.29, 0.717) is 31.2 Å². The van der Waals surface area contributed by atoms with Gasteiger partial charge in [-0.2, -0.15) is 4.31 Å². The number of hydrogen-bond donors (Lipinski definition) is 2. The highest BCUT2D eigenvalue weighted by Gasteiger charge is 2.49. The van der Waals surface area contributed by atoms with Gasteiger partial charge in [0, 0.05) is 26.6 Å². The Bertz CT molecular complexity index is 1220. The van der Waals surface area contributed by atoms with Crippen molar-refractivity contribution in [1.82, 2.24) is 14.5 Å². The van der Waals surface area contributed by atoms with Gasteiger partial charge in [-0.05, 0) is 56.0 Å². The Balaban J connectivity index is 1.43. The fourth-order valence-corrected chi connectivity index (χ4v) is 7.13. The van der Waals surface area contributed by atoms with E-state index < -0.39 is 33.5 Å². The summed E-state index contributed by atoms with van der Waals surface area (Å²) >= 11 is 0. The minimum atomic E-state index is -3.83. The molecule has 0 spiro atoms. The van der Waals surface area contributed by atoms with Gasteiger partial charge in [0.25, 0.3) is 0 Å². The van der Waals surface area contributed by atoms with Gasteiger partial charge in [-0.1, -0.05) is 55.3 Å². The van der Waals surface area contributed by atoms with E-state index in [1.54, 1.807) is 24.3 Å². The molecule has 9 nitrogen and oxygen atoms in total. The number of likely N-dealkylation sites (tertiary alicyclic amines) is 1. The molecule has 0 bridgehead atoms. The van der Waals surface area contributed by atoms with E-state index in [9.17, 15) is 23.1 Å². The van der Waals surface area contributed by atoms with Crippen molar-refractivity contribution < 1.29 is 27.9 Å². The third-order valence-corrected chi connectivity index (χ3v) is 9.88. The monoisotopic (exact) mass is 557 g/mol. The highest BCUT2D eigenvalue weighted by atomic mass is 32.2. The lowest BCUT2D eigenvalue weighted by Gasteiger charge is -2.37. The number of rotatable bonds is 11. The van der Waals surface area contributed by atoms with Gasteiger partial charge in [0.2, 0.25) is 15.9 Å². The molecule has 0 aromatic heterocycles. The number of aliphatic carboxylic acids is 1. The third-order valence-electron chi connectivity index (χ3n) is 8.00. The van der Waals surface area contributed by atoms with Gasteiger partial charge in [-0.15, -0.1) is 0 Å². The molecule has 2 aromatic rings. The Kier molecular flexibility index (Phi) is 9.30. The van der Waals surface area contributed by atoms with E-state index in [2.05, 4.69) is 17.3 Å². The molecule has 2 aromatic carbocycles. The number of carbonyl (C=O) groups excluding carboxylic acids is 1. The van der Waals surface area contributed by atoms with Gasteiger partial charge >= 0.3 is 5.97 Å². The van der Waals surface area contributed by atoms with Crippen molar-refractivity contribution in [3.8, 4) is 5.75 Å². The van der Waals surface area contributed by atoms with E-state index >= 15 is 0 Å². The predicted octanol–water partition coefficient (Wildman–Crippen LogP) is 3.05.